The third-order valence-corrected chi connectivity index (χ3v) is 4.85. The zero-order valence-corrected chi connectivity index (χ0v) is 15.3. The van der Waals surface area contributed by atoms with Gasteiger partial charge in [-0.3, -0.25) is 19.5 Å². The Balaban J connectivity index is 2.06. The van der Waals surface area contributed by atoms with E-state index in [-0.39, 0.29) is 5.54 Å². The van der Waals surface area contributed by atoms with Crippen molar-refractivity contribution in [3.63, 3.8) is 0 Å². The van der Waals surface area contributed by atoms with Crippen molar-refractivity contribution in [1.82, 2.24) is 14.9 Å². The van der Waals surface area contributed by atoms with E-state index >= 15 is 0 Å². The zero-order chi connectivity index (χ0) is 18.8. The highest BCUT2D eigenvalue weighted by Crippen LogP contribution is 2.41. The van der Waals surface area contributed by atoms with Crippen molar-refractivity contribution in [2.24, 2.45) is 0 Å². The van der Waals surface area contributed by atoms with E-state index < -0.39 is 17.4 Å². The van der Waals surface area contributed by atoms with Gasteiger partial charge in [-0.25, -0.2) is 4.98 Å². The van der Waals surface area contributed by atoms with E-state index in [1.807, 2.05) is 57.2 Å². The van der Waals surface area contributed by atoms with Crippen LogP contribution in [-0.4, -0.2) is 45.1 Å². The predicted molar refractivity (Wildman–Crippen MR) is 99.7 cm³/mol. The van der Waals surface area contributed by atoms with Gasteiger partial charge in [0.1, 0.15) is 5.82 Å². The Morgan fingerprint density at radius 1 is 1.19 bits per heavy atom. The molecule has 2 aromatic rings. The van der Waals surface area contributed by atoms with Crippen molar-refractivity contribution in [3.05, 3.63) is 54.5 Å². The zero-order valence-electron chi connectivity index (χ0n) is 15.3. The van der Waals surface area contributed by atoms with Gasteiger partial charge in [-0.15, -0.1) is 0 Å². The monoisotopic (exact) mass is 352 g/mol. The van der Waals surface area contributed by atoms with Gasteiger partial charge in [0, 0.05) is 30.9 Å². The van der Waals surface area contributed by atoms with Crippen LogP contribution < -0.4 is 5.32 Å². The molecule has 1 fully saturated rings. The van der Waals surface area contributed by atoms with Crippen LogP contribution in [0.4, 0.5) is 5.82 Å². The second-order valence-corrected chi connectivity index (χ2v) is 7.68. The number of hydrogen-bond donors (Lipinski definition) is 1. The Kier molecular flexibility index (Phi) is 4.87. The van der Waals surface area contributed by atoms with Crippen molar-refractivity contribution in [1.29, 1.82) is 0 Å². The summed E-state index contributed by atoms with van der Waals surface area (Å²) in [4.78, 5) is 34.6. The van der Waals surface area contributed by atoms with Crippen molar-refractivity contribution in [2.75, 3.05) is 11.9 Å². The summed E-state index contributed by atoms with van der Waals surface area (Å²) in [5, 5.41) is 3.50. The van der Waals surface area contributed by atoms with E-state index in [9.17, 15) is 9.59 Å². The van der Waals surface area contributed by atoms with Crippen LogP contribution >= 0.6 is 0 Å². The van der Waals surface area contributed by atoms with Gasteiger partial charge in [0.25, 0.3) is 0 Å². The van der Waals surface area contributed by atoms with Gasteiger partial charge in [-0.2, -0.15) is 0 Å². The largest absolute Gasteiger partial charge is 0.358 e. The van der Waals surface area contributed by atoms with E-state index in [1.54, 1.807) is 12.4 Å². The number of rotatable bonds is 5. The lowest BCUT2D eigenvalue weighted by Gasteiger charge is -2.37. The highest BCUT2D eigenvalue weighted by molar-refractivity contribution is 6.27. The fourth-order valence-electron chi connectivity index (χ4n) is 3.61. The molecule has 2 unspecified atom stereocenters. The van der Waals surface area contributed by atoms with Gasteiger partial charge in [0.15, 0.2) is 6.29 Å². The summed E-state index contributed by atoms with van der Waals surface area (Å²) < 4.78 is 0. The van der Waals surface area contributed by atoms with Gasteiger partial charge in [-0.05, 0) is 45.0 Å². The number of nitrogens with one attached hydrogen (secondary N) is 1. The van der Waals surface area contributed by atoms with Crippen molar-refractivity contribution >= 4 is 17.9 Å². The number of aldehydes is 1. The molecule has 6 nitrogen and oxygen atoms in total. The number of carbonyl (C=O) groups is 2. The Bertz CT molecular complexity index is 773. The molecular formula is C20H24N4O2. The molecule has 136 valence electrons. The highest BCUT2D eigenvalue weighted by Gasteiger charge is 2.51. The van der Waals surface area contributed by atoms with Gasteiger partial charge >= 0.3 is 0 Å². The molecule has 3 heterocycles. The van der Waals surface area contributed by atoms with E-state index in [1.165, 1.54) is 0 Å². The molecular weight excluding hydrogens is 328 g/mol. The normalized spacial score (nSPS) is 23.6. The quantitative estimate of drug-likeness (QED) is 0.658. The molecule has 6 heteroatoms. The number of aromatic nitrogens is 2. The fourth-order valence-corrected chi connectivity index (χ4v) is 3.61. The first kappa shape index (κ1) is 18.2. The van der Waals surface area contributed by atoms with Gasteiger partial charge < -0.3 is 5.32 Å². The molecule has 1 aliphatic heterocycles. The smallest absolute Gasteiger partial charge is 0.212 e. The van der Waals surface area contributed by atoms with Gasteiger partial charge in [0.05, 0.1) is 17.3 Å². The predicted octanol–water partition coefficient (Wildman–Crippen LogP) is 2.42. The van der Waals surface area contributed by atoms with Crippen LogP contribution in [0.5, 0.6) is 0 Å². The van der Waals surface area contributed by atoms with Crippen LogP contribution in [0.2, 0.25) is 0 Å². The average molecular weight is 352 g/mol. The summed E-state index contributed by atoms with van der Waals surface area (Å²) in [5.41, 5.74) is -0.0427. The summed E-state index contributed by atoms with van der Waals surface area (Å²) in [5.74, 6) is 0.312. The number of likely N-dealkylation sites (tertiary alicyclic amines) is 1. The fraction of sp³-hybridized carbons (Fsp3) is 0.400. The molecule has 0 amide bonds. The first-order valence-corrected chi connectivity index (χ1v) is 8.72. The first-order chi connectivity index (χ1) is 12.4. The SMILES string of the molecule is CC(C)(C)N1CC(Nc2ccccn2)(c2ccccn2)CC1C(=O)C=O. The summed E-state index contributed by atoms with van der Waals surface area (Å²) in [6.45, 7) is 6.70. The lowest BCUT2D eigenvalue weighted by Crippen LogP contribution is -2.49. The molecule has 3 rings (SSSR count). The Labute approximate surface area is 153 Å². The summed E-state index contributed by atoms with van der Waals surface area (Å²) in [7, 11) is 0. The molecule has 0 spiro atoms. The Morgan fingerprint density at radius 2 is 1.88 bits per heavy atom. The number of pyridine rings is 2. The highest BCUT2D eigenvalue weighted by atomic mass is 16.2. The van der Waals surface area contributed by atoms with Crippen molar-refractivity contribution < 1.29 is 9.59 Å². The molecule has 0 saturated carbocycles. The Morgan fingerprint density at radius 3 is 2.42 bits per heavy atom. The van der Waals surface area contributed by atoms with Gasteiger partial charge in [-0.1, -0.05) is 12.1 Å². The van der Waals surface area contributed by atoms with Crippen LogP contribution in [0, 0.1) is 0 Å². The summed E-state index contributed by atoms with van der Waals surface area (Å²) >= 11 is 0. The molecule has 1 saturated heterocycles. The van der Waals surface area contributed by atoms with Crippen LogP contribution in [0.15, 0.2) is 48.8 Å². The van der Waals surface area contributed by atoms with Crippen LogP contribution in [0.3, 0.4) is 0 Å². The summed E-state index contributed by atoms with van der Waals surface area (Å²) in [6, 6.07) is 10.9. The molecule has 0 aliphatic carbocycles. The van der Waals surface area contributed by atoms with Crippen LogP contribution in [-0.2, 0) is 15.1 Å². The lowest BCUT2D eigenvalue weighted by molar-refractivity contribution is -0.133. The third kappa shape index (κ3) is 3.51. The second-order valence-electron chi connectivity index (χ2n) is 7.68. The van der Waals surface area contributed by atoms with Crippen LogP contribution in [0.1, 0.15) is 32.9 Å². The van der Waals surface area contributed by atoms with Crippen molar-refractivity contribution in [2.45, 2.75) is 44.3 Å². The van der Waals surface area contributed by atoms with E-state index in [2.05, 4.69) is 20.2 Å². The number of carbonyl (C=O) groups excluding carboxylic acids is 2. The third-order valence-electron chi connectivity index (χ3n) is 4.85. The van der Waals surface area contributed by atoms with Crippen LogP contribution in [0.25, 0.3) is 0 Å². The number of anilines is 1. The standard InChI is InChI=1S/C20H24N4O2/c1-19(2,3)24-14-20(12-15(24)16(26)13-25,17-8-4-6-10-21-17)23-18-9-5-7-11-22-18/h4-11,13,15H,12,14H2,1-3H3,(H,22,23). The maximum atomic E-state index is 12.4. The lowest BCUT2D eigenvalue weighted by atomic mass is 9.90. The molecule has 0 radical (unpaired) electrons. The first-order valence-electron chi connectivity index (χ1n) is 8.72. The topological polar surface area (TPSA) is 75.2 Å². The maximum absolute atomic E-state index is 12.4. The molecule has 1 N–H and O–H groups in total. The minimum atomic E-state index is -0.605. The molecule has 26 heavy (non-hydrogen) atoms. The minimum Gasteiger partial charge on any atom is -0.358 e. The Hall–Kier alpha value is -2.60. The number of ketones is 1. The molecule has 1 aliphatic rings. The van der Waals surface area contributed by atoms with E-state index in [0.717, 1.165) is 5.69 Å². The molecule has 0 aromatic carbocycles. The molecule has 2 atom stereocenters. The summed E-state index contributed by atoms with van der Waals surface area (Å²) in [6.07, 6.45) is 4.35. The number of Topliss-reactive ketones (excluding diaryl/α,β-unsaturated/α-hetero) is 1. The average Bonchev–Trinajstić information content (AvgIpc) is 3.04. The second kappa shape index (κ2) is 6.96. The maximum Gasteiger partial charge on any atom is 0.212 e. The van der Waals surface area contributed by atoms with E-state index in [4.69, 9.17) is 0 Å². The minimum absolute atomic E-state index is 0.272. The van der Waals surface area contributed by atoms with E-state index in [0.29, 0.717) is 25.1 Å². The number of hydrogen-bond acceptors (Lipinski definition) is 6. The molecule has 0 bridgehead atoms. The van der Waals surface area contributed by atoms with Crippen molar-refractivity contribution in [3.8, 4) is 0 Å². The molecule has 2 aromatic heterocycles. The van der Waals surface area contributed by atoms with Gasteiger partial charge in [0.2, 0.25) is 5.78 Å². The number of nitrogens with zero attached hydrogens (tertiary/aromatic N) is 3.